The first-order valence-electron chi connectivity index (χ1n) is 14.4. The van der Waals surface area contributed by atoms with Crippen molar-refractivity contribution in [3.63, 3.8) is 0 Å². The number of aliphatic hydroxyl groups is 2. The Bertz CT molecular complexity index is 1420. The van der Waals surface area contributed by atoms with Crippen LogP contribution in [0.15, 0.2) is 58.0 Å². The normalized spacial score (nSPS) is 42.8. The van der Waals surface area contributed by atoms with Gasteiger partial charge in [0.25, 0.3) is 0 Å². The Morgan fingerprint density at radius 3 is 2.62 bits per heavy atom. The van der Waals surface area contributed by atoms with Crippen LogP contribution in [0.3, 0.4) is 0 Å². The molecule has 0 spiro atoms. The van der Waals surface area contributed by atoms with Gasteiger partial charge in [-0.3, -0.25) is 0 Å². The lowest BCUT2D eigenvalue weighted by molar-refractivity contribution is -0.298. The fourth-order valence-corrected chi connectivity index (χ4v) is 8.98. The van der Waals surface area contributed by atoms with Gasteiger partial charge in [0.15, 0.2) is 12.2 Å². The SMILES string of the molecule is C/C=C(\C)C(=O)O[C@H]1[C@]2(C)C[C@@H]3O[C@@]1(O)C=C1C4=CC(=O)O[C@@H](c5ccoc5)[C@]4(C)CC[C@@H]1[C@]3(C)[C@H]2[C@@H](O)C(=O)OC. The molecular formula is C32H38O10. The van der Waals surface area contributed by atoms with E-state index in [1.165, 1.54) is 19.4 Å². The number of cyclic esters (lactones) is 1. The lowest BCUT2D eigenvalue weighted by atomic mass is 9.51. The minimum atomic E-state index is -2.11. The summed E-state index contributed by atoms with van der Waals surface area (Å²) in [5.41, 5.74) is -0.258. The summed E-state index contributed by atoms with van der Waals surface area (Å²) in [6.45, 7) is 9.12. The van der Waals surface area contributed by atoms with E-state index < -0.39 is 70.3 Å². The molecule has 3 fully saturated rings. The van der Waals surface area contributed by atoms with E-state index in [9.17, 15) is 24.6 Å². The van der Waals surface area contributed by atoms with Crippen molar-refractivity contribution >= 4 is 17.9 Å². The van der Waals surface area contributed by atoms with E-state index in [0.717, 1.165) is 0 Å². The van der Waals surface area contributed by atoms with Gasteiger partial charge in [0.1, 0.15) is 6.10 Å². The molecule has 6 rings (SSSR count). The standard InChI is InChI=1S/C32H38O10/c1-7-16(2)26(35)41-28-30(4)14-21-31(5,24(30)23(34)27(36)38-6)19-8-10-29(3)20(18(19)13-32(28,37)42-21)12-22(33)40-25(29)17-9-11-39-15-17/h7,9,11-13,15,19,21,23-25,28,34,37H,8,10,14H2,1-6H3/b16-7+/t19-,21-,23+,24-,25-,28-,29+,30+,31-,32-/m0/s1. The fourth-order valence-electron chi connectivity index (χ4n) is 8.98. The average Bonchev–Trinajstić information content (AvgIpc) is 3.52. The molecule has 10 nitrogen and oxygen atoms in total. The molecule has 10 heteroatoms. The van der Waals surface area contributed by atoms with Crippen molar-refractivity contribution in [3.05, 3.63) is 59.1 Å². The van der Waals surface area contributed by atoms with Crippen molar-refractivity contribution in [2.45, 2.75) is 84.1 Å². The van der Waals surface area contributed by atoms with Crippen LogP contribution in [0.1, 0.15) is 65.5 Å². The summed E-state index contributed by atoms with van der Waals surface area (Å²) in [4.78, 5) is 39.2. The van der Waals surface area contributed by atoms with E-state index in [1.807, 2.05) is 20.8 Å². The number of fused-ring (bicyclic) bond motifs is 6. The number of methoxy groups -OCH3 is 1. The number of rotatable bonds is 5. The zero-order chi connectivity index (χ0) is 30.4. The molecule has 1 aromatic heterocycles. The molecule has 2 saturated carbocycles. The molecule has 1 saturated heterocycles. The molecule has 226 valence electrons. The third-order valence-corrected chi connectivity index (χ3v) is 11.0. The van der Waals surface area contributed by atoms with Crippen LogP contribution in [0.5, 0.6) is 0 Å². The molecular weight excluding hydrogens is 544 g/mol. The maximum atomic E-state index is 13.2. The number of carbonyl (C=O) groups is 3. The highest BCUT2D eigenvalue weighted by Crippen LogP contribution is 2.72. The Balaban J connectivity index is 1.57. The second kappa shape index (κ2) is 9.39. The summed E-state index contributed by atoms with van der Waals surface area (Å²) in [6.07, 6.45) is 5.20. The van der Waals surface area contributed by atoms with E-state index in [2.05, 4.69) is 0 Å². The maximum absolute atomic E-state index is 13.2. The van der Waals surface area contributed by atoms with Gasteiger partial charge in [-0.1, -0.05) is 26.8 Å². The van der Waals surface area contributed by atoms with Gasteiger partial charge in [-0.05, 0) is 62.3 Å². The highest BCUT2D eigenvalue weighted by molar-refractivity contribution is 5.88. The van der Waals surface area contributed by atoms with Crippen molar-refractivity contribution in [3.8, 4) is 0 Å². The Hall–Kier alpha value is -3.21. The fraction of sp³-hybridized carbons (Fsp3) is 0.594. The number of hydrogen-bond acceptors (Lipinski definition) is 10. The first-order chi connectivity index (χ1) is 19.7. The first-order valence-corrected chi connectivity index (χ1v) is 14.4. The van der Waals surface area contributed by atoms with Crippen LogP contribution < -0.4 is 0 Å². The second-order valence-electron chi connectivity index (χ2n) is 13.2. The Labute approximate surface area is 244 Å². The number of esters is 3. The van der Waals surface area contributed by atoms with Crippen molar-refractivity contribution < 1.29 is 48.0 Å². The van der Waals surface area contributed by atoms with E-state index >= 15 is 0 Å². The van der Waals surface area contributed by atoms with Crippen molar-refractivity contribution in [1.82, 2.24) is 0 Å². The van der Waals surface area contributed by atoms with Crippen LogP contribution in [0, 0.1) is 28.1 Å². The summed E-state index contributed by atoms with van der Waals surface area (Å²) in [7, 11) is 1.21. The number of carbonyl (C=O) groups excluding carboxylic acids is 3. The topological polar surface area (TPSA) is 142 Å². The van der Waals surface area contributed by atoms with Gasteiger partial charge in [-0.15, -0.1) is 0 Å². The molecule has 0 amide bonds. The summed E-state index contributed by atoms with van der Waals surface area (Å²) < 4.78 is 28.7. The lowest BCUT2D eigenvalue weighted by Gasteiger charge is -2.54. The predicted molar refractivity (Wildman–Crippen MR) is 146 cm³/mol. The van der Waals surface area contributed by atoms with Gasteiger partial charge >= 0.3 is 17.9 Å². The number of furan rings is 1. The molecule has 5 aliphatic rings. The molecule has 0 radical (unpaired) electrons. The van der Waals surface area contributed by atoms with Gasteiger partial charge in [0.05, 0.1) is 25.7 Å². The summed E-state index contributed by atoms with van der Waals surface area (Å²) in [5.74, 6) is -5.23. The molecule has 0 aromatic carbocycles. The Kier molecular flexibility index (Phi) is 6.46. The molecule has 3 bridgehead atoms. The molecule has 4 heterocycles. The number of aliphatic hydroxyl groups excluding tert-OH is 1. The van der Waals surface area contributed by atoms with Crippen LogP contribution >= 0.6 is 0 Å². The molecule has 2 aliphatic carbocycles. The van der Waals surface area contributed by atoms with Gasteiger partial charge in [-0.2, -0.15) is 0 Å². The second-order valence-corrected chi connectivity index (χ2v) is 13.2. The highest BCUT2D eigenvalue weighted by Gasteiger charge is 2.76. The quantitative estimate of drug-likeness (QED) is 0.300. The Morgan fingerprint density at radius 1 is 1.24 bits per heavy atom. The third kappa shape index (κ3) is 3.70. The first kappa shape index (κ1) is 28.9. The van der Waals surface area contributed by atoms with E-state index in [-0.39, 0.29) is 5.92 Å². The van der Waals surface area contributed by atoms with Crippen molar-refractivity contribution in [2.75, 3.05) is 7.11 Å². The number of hydrogen-bond donors (Lipinski definition) is 2. The smallest absolute Gasteiger partial charge is 0.335 e. The molecule has 1 aromatic rings. The van der Waals surface area contributed by atoms with Gasteiger partial charge in [0.2, 0.25) is 5.79 Å². The summed E-state index contributed by atoms with van der Waals surface area (Å²) in [5, 5.41) is 24.0. The van der Waals surface area contributed by atoms with Crippen LogP contribution in [0.2, 0.25) is 0 Å². The summed E-state index contributed by atoms with van der Waals surface area (Å²) >= 11 is 0. The van der Waals surface area contributed by atoms with Gasteiger partial charge in [0, 0.05) is 39.4 Å². The van der Waals surface area contributed by atoms with E-state index in [4.69, 9.17) is 23.4 Å². The number of allylic oxidation sites excluding steroid dienone is 2. The van der Waals surface area contributed by atoms with Crippen LogP contribution in [-0.2, 0) is 33.3 Å². The zero-order valence-corrected chi connectivity index (χ0v) is 24.7. The third-order valence-electron chi connectivity index (χ3n) is 11.0. The molecule has 3 aliphatic heterocycles. The maximum Gasteiger partial charge on any atom is 0.335 e. The van der Waals surface area contributed by atoms with E-state index in [1.54, 1.807) is 38.3 Å². The molecule has 2 N–H and O–H groups in total. The monoisotopic (exact) mass is 582 g/mol. The van der Waals surface area contributed by atoms with E-state index in [0.29, 0.717) is 41.5 Å². The van der Waals surface area contributed by atoms with Crippen molar-refractivity contribution in [1.29, 1.82) is 0 Å². The minimum absolute atomic E-state index is 0.313. The largest absolute Gasteiger partial charge is 0.472 e. The molecule has 42 heavy (non-hydrogen) atoms. The van der Waals surface area contributed by atoms with Crippen LogP contribution in [-0.4, -0.2) is 59.3 Å². The van der Waals surface area contributed by atoms with Crippen LogP contribution in [0.4, 0.5) is 0 Å². The van der Waals surface area contributed by atoms with Gasteiger partial charge < -0.3 is 33.6 Å². The lowest BCUT2D eigenvalue weighted by Crippen LogP contribution is -2.61. The predicted octanol–water partition coefficient (Wildman–Crippen LogP) is 3.69. The average molecular weight is 583 g/mol. The summed E-state index contributed by atoms with van der Waals surface area (Å²) in [6, 6.07) is 1.77. The number of ether oxygens (including phenoxy) is 4. The molecule has 0 unspecified atom stereocenters. The molecule has 10 atom stereocenters. The zero-order valence-electron chi connectivity index (χ0n) is 24.7. The highest BCUT2D eigenvalue weighted by atomic mass is 16.7. The van der Waals surface area contributed by atoms with Crippen molar-refractivity contribution in [2.24, 2.45) is 28.1 Å². The van der Waals surface area contributed by atoms with Crippen LogP contribution in [0.25, 0.3) is 0 Å². The Morgan fingerprint density at radius 2 is 1.98 bits per heavy atom. The van der Waals surface area contributed by atoms with Gasteiger partial charge in [-0.25, -0.2) is 14.4 Å². The minimum Gasteiger partial charge on any atom is -0.472 e.